The van der Waals surface area contributed by atoms with Crippen LogP contribution in [0.15, 0.2) is 89.5 Å². The normalized spacial score (nSPS) is 22.7. The SMILES string of the molecule is C=C/C=C(\C=C/C)C1C=CC=C(C(=O)N2CCNCC2COC(/C=C\C)=C/N=C)O1. The predicted octanol–water partition coefficient (Wildman–Crippen LogP) is 3.45. The highest BCUT2D eigenvalue weighted by molar-refractivity contribution is 5.92. The minimum absolute atomic E-state index is 0.127. The third-order valence-corrected chi connectivity index (χ3v) is 4.60. The summed E-state index contributed by atoms with van der Waals surface area (Å²) in [7, 11) is 0. The molecule has 30 heavy (non-hydrogen) atoms. The third kappa shape index (κ3) is 6.46. The van der Waals surface area contributed by atoms with Crippen LogP contribution >= 0.6 is 0 Å². The second-order valence-electron chi connectivity index (χ2n) is 6.74. The van der Waals surface area contributed by atoms with E-state index in [9.17, 15) is 4.79 Å². The Labute approximate surface area is 179 Å². The van der Waals surface area contributed by atoms with E-state index in [1.807, 2.05) is 56.4 Å². The zero-order chi connectivity index (χ0) is 21.8. The molecular formula is C24H31N3O3. The van der Waals surface area contributed by atoms with Gasteiger partial charge in [-0.15, -0.1) is 0 Å². The zero-order valence-electron chi connectivity index (χ0n) is 17.8. The summed E-state index contributed by atoms with van der Waals surface area (Å²) in [6, 6.07) is -0.127. The standard InChI is InChI=1S/C24H31N3O3/c1-5-9-19(10-6-2)22-12-8-13-23(30-22)24(28)27-15-14-26-16-20(27)18-29-21(11-7-3)17-25-4/h5-13,17,20,22,26H,1,4,14-16,18H2,2-3H3/b10-6-,11-7-,19-9+,21-17+. The van der Waals surface area contributed by atoms with E-state index in [2.05, 4.69) is 23.6 Å². The summed E-state index contributed by atoms with van der Waals surface area (Å²) < 4.78 is 11.9. The van der Waals surface area contributed by atoms with Gasteiger partial charge in [-0.25, -0.2) is 0 Å². The number of rotatable bonds is 9. The number of nitrogens with zero attached hydrogens (tertiary/aromatic N) is 2. The Hall–Kier alpha value is -3.12. The summed E-state index contributed by atoms with van der Waals surface area (Å²) in [4.78, 5) is 18.8. The van der Waals surface area contributed by atoms with E-state index >= 15 is 0 Å². The summed E-state index contributed by atoms with van der Waals surface area (Å²) in [6.45, 7) is 13.3. The van der Waals surface area contributed by atoms with Crippen molar-refractivity contribution in [3.05, 3.63) is 84.6 Å². The topological polar surface area (TPSA) is 63.2 Å². The summed E-state index contributed by atoms with van der Waals surface area (Å²) >= 11 is 0. The Bertz CT molecular complexity index is 803. The van der Waals surface area contributed by atoms with Crippen molar-refractivity contribution >= 4 is 12.6 Å². The number of aliphatic imine (C=N–C) groups is 1. The Kier molecular flexibility index (Phi) is 9.61. The third-order valence-electron chi connectivity index (χ3n) is 4.60. The van der Waals surface area contributed by atoms with E-state index in [4.69, 9.17) is 9.47 Å². The first kappa shape index (κ1) is 23.2. The molecule has 0 bridgehead atoms. The molecule has 0 aromatic carbocycles. The molecule has 0 spiro atoms. The van der Waals surface area contributed by atoms with E-state index in [1.54, 1.807) is 23.3 Å². The molecule has 0 aliphatic carbocycles. The number of hydrogen-bond donors (Lipinski definition) is 1. The van der Waals surface area contributed by atoms with Crippen molar-refractivity contribution in [2.24, 2.45) is 4.99 Å². The molecule has 0 aromatic heterocycles. The van der Waals surface area contributed by atoms with Gasteiger partial charge in [0.25, 0.3) is 5.91 Å². The number of piperazine rings is 1. The van der Waals surface area contributed by atoms with Crippen LogP contribution in [0.4, 0.5) is 0 Å². The van der Waals surface area contributed by atoms with Crippen LogP contribution < -0.4 is 5.32 Å². The molecule has 2 aliphatic rings. The van der Waals surface area contributed by atoms with Gasteiger partial charge in [0.05, 0.1) is 12.2 Å². The Balaban J connectivity index is 2.11. The average Bonchev–Trinajstić information content (AvgIpc) is 2.77. The van der Waals surface area contributed by atoms with Crippen LogP contribution in [0.2, 0.25) is 0 Å². The highest BCUT2D eigenvalue weighted by Gasteiger charge is 2.31. The average molecular weight is 410 g/mol. The monoisotopic (exact) mass is 409 g/mol. The molecular weight excluding hydrogens is 378 g/mol. The molecule has 0 aromatic rings. The molecule has 2 heterocycles. The van der Waals surface area contributed by atoms with Gasteiger partial charge in [-0.05, 0) is 44.4 Å². The molecule has 6 nitrogen and oxygen atoms in total. The number of hydrogen-bond acceptors (Lipinski definition) is 5. The molecule has 1 amide bonds. The number of nitrogens with one attached hydrogen (secondary N) is 1. The van der Waals surface area contributed by atoms with Gasteiger partial charge in [0.2, 0.25) is 0 Å². The maximum Gasteiger partial charge on any atom is 0.289 e. The van der Waals surface area contributed by atoms with E-state index in [0.717, 1.165) is 12.1 Å². The molecule has 2 aliphatic heterocycles. The second kappa shape index (κ2) is 12.4. The van der Waals surface area contributed by atoms with Crippen LogP contribution in [-0.2, 0) is 14.3 Å². The maximum atomic E-state index is 13.2. The quantitative estimate of drug-likeness (QED) is 0.360. The largest absolute Gasteiger partial charge is 0.490 e. The molecule has 2 atom stereocenters. The lowest BCUT2D eigenvalue weighted by atomic mass is 10.1. The van der Waals surface area contributed by atoms with Crippen molar-refractivity contribution in [3.63, 3.8) is 0 Å². The van der Waals surface area contributed by atoms with Crippen molar-refractivity contribution in [3.8, 4) is 0 Å². The molecule has 0 saturated carbocycles. The lowest BCUT2D eigenvalue weighted by Crippen LogP contribution is -2.56. The first-order chi connectivity index (χ1) is 14.6. The van der Waals surface area contributed by atoms with Gasteiger partial charge in [-0.2, -0.15) is 0 Å². The fraction of sp³-hybridized carbons (Fsp3) is 0.333. The number of carbonyl (C=O) groups is 1. The molecule has 1 fully saturated rings. The summed E-state index contributed by atoms with van der Waals surface area (Å²) in [5.74, 6) is 0.786. The van der Waals surface area contributed by atoms with Crippen LogP contribution in [0.1, 0.15) is 13.8 Å². The van der Waals surface area contributed by atoms with Crippen molar-refractivity contribution in [1.29, 1.82) is 0 Å². The number of ether oxygens (including phenoxy) is 2. The summed E-state index contributed by atoms with van der Waals surface area (Å²) in [6.07, 6.45) is 17.9. The molecule has 1 N–H and O–H groups in total. The van der Waals surface area contributed by atoms with Gasteiger partial charge in [-0.1, -0.05) is 43.0 Å². The van der Waals surface area contributed by atoms with E-state index in [0.29, 0.717) is 31.2 Å². The Morgan fingerprint density at radius 2 is 2.20 bits per heavy atom. The molecule has 0 radical (unpaired) electrons. The molecule has 160 valence electrons. The smallest absolute Gasteiger partial charge is 0.289 e. The predicted molar refractivity (Wildman–Crippen MR) is 122 cm³/mol. The first-order valence-corrected chi connectivity index (χ1v) is 10.1. The number of amides is 1. The Morgan fingerprint density at radius 3 is 2.90 bits per heavy atom. The first-order valence-electron chi connectivity index (χ1n) is 10.1. The van der Waals surface area contributed by atoms with Gasteiger partial charge in [0, 0.05) is 19.6 Å². The van der Waals surface area contributed by atoms with Gasteiger partial charge < -0.3 is 19.7 Å². The van der Waals surface area contributed by atoms with Crippen LogP contribution in [0.3, 0.4) is 0 Å². The minimum Gasteiger partial charge on any atom is -0.490 e. The van der Waals surface area contributed by atoms with Crippen molar-refractivity contribution in [2.75, 3.05) is 26.2 Å². The molecule has 6 heteroatoms. The fourth-order valence-corrected chi connectivity index (χ4v) is 3.23. The van der Waals surface area contributed by atoms with E-state index in [1.165, 1.54) is 0 Å². The zero-order valence-corrected chi connectivity index (χ0v) is 17.8. The van der Waals surface area contributed by atoms with E-state index in [-0.39, 0.29) is 18.1 Å². The van der Waals surface area contributed by atoms with Gasteiger partial charge in [-0.3, -0.25) is 9.79 Å². The van der Waals surface area contributed by atoms with E-state index < -0.39 is 0 Å². The number of allylic oxidation sites excluding steroid dienone is 7. The summed E-state index contributed by atoms with van der Waals surface area (Å²) in [5, 5.41) is 3.32. The molecule has 1 saturated heterocycles. The highest BCUT2D eigenvalue weighted by Crippen LogP contribution is 2.22. The summed E-state index contributed by atoms with van der Waals surface area (Å²) in [5.41, 5.74) is 0.931. The van der Waals surface area contributed by atoms with Gasteiger partial charge in [0.15, 0.2) is 5.76 Å². The maximum absolute atomic E-state index is 13.2. The van der Waals surface area contributed by atoms with Gasteiger partial charge in [0.1, 0.15) is 18.5 Å². The fourth-order valence-electron chi connectivity index (χ4n) is 3.23. The Morgan fingerprint density at radius 1 is 1.40 bits per heavy atom. The molecule has 2 rings (SSSR count). The van der Waals surface area contributed by atoms with Gasteiger partial charge >= 0.3 is 0 Å². The van der Waals surface area contributed by atoms with Crippen molar-refractivity contribution in [2.45, 2.75) is 26.0 Å². The minimum atomic E-state index is -0.330. The van der Waals surface area contributed by atoms with Crippen molar-refractivity contribution < 1.29 is 14.3 Å². The second-order valence-corrected chi connectivity index (χ2v) is 6.74. The highest BCUT2D eigenvalue weighted by atomic mass is 16.5. The van der Waals surface area contributed by atoms with Crippen LogP contribution in [0.5, 0.6) is 0 Å². The van der Waals surface area contributed by atoms with Crippen LogP contribution in [-0.4, -0.2) is 55.9 Å². The van der Waals surface area contributed by atoms with Crippen molar-refractivity contribution in [1.82, 2.24) is 10.2 Å². The lowest BCUT2D eigenvalue weighted by Gasteiger charge is -2.37. The van der Waals surface area contributed by atoms with Crippen LogP contribution in [0.25, 0.3) is 0 Å². The van der Waals surface area contributed by atoms with Crippen LogP contribution in [0, 0.1) is 0 Å². The number of carbonyl (C=O) groups excluding carboxylic acids is 1. The molecule has 2 unspecified atom stereocenters. The lowest BCUT2D eigenvalue weighted by molar-refractivity contribution is -0.135.